The number of carboxylic acids is 1. The average Bonchev–Trinajstić information content (AvgIpc) is 3.33. The normalized spacial score (nSPS) is 21.6. The lowest BCUT2D eigenvalue weighted by Crippen LogP contribution is -2.46. The molecular weight excluding hydrogens is 292 g/mol. The standard InChI is InChI=1S/C18H24N2O3/c1-20(2)18(8-9-18)17(23)19-11-14-5-3-4-12-6-7-13(16(21)22)10-15(12)14/h6-7,10,14H,3-5,8-9,11H2,1-2H3,(H,19,23)(H,21,22). The van der Waals surface area contributed by atoms with Gasteiger partial charge in [0.15, 0.2) is 0 Å². The van der Waals surface area contributed by atoms with Crippen molar-refractivity contribution in [3.8, 4) is 0 Å². The summed E-state index contributed by atoms with van der Waals surface area (Å²) in [5.41, 5.74) is 2.31. The van der Waals surface area contributed by atoms with Gasteiger partial charge in [-0.15, -0.1) is 0 Å². The van der Waals surface area contributed by atoms with Crippen LogP contribution in [0.15, 0.2) is 18.2 Å². The van der Waals surface area contributed by atoms with Gasteiger partial charge >= 0.3 is 5.97 Å². The largest absolute Gasteiger partial charge is 0.478 e. The Morgan fingerprint density at radius 1 is 1.35 bits per heavy atom. The Morgan fingerprint density at radius 2 is 2.09 bits per heavy atom. The predicted molar refractivity (Wildman–Crippen MR) is 87.7 cm³/mol. The SMILES string of the molecule is CN(C)C1(C(=O)NCC2CCCc3ccc(C(=O)O)cc32)CC1. The van der Waals surface area contributed by atoms with Crippen molar-refractivity contribution in [2.24, 2.45) is 0 Å². The molecular formula is C18H24N2O3. The number of amides is 1. The quantitative estimate of drug-likeness (QED) is 0.872. The van der Waals surface area contributed by atoms with Gasteiger partial charge in [0, 0.05) is 12.5 Å². The number of aromatic carboxylic acids is 1. The average molecular weight is 316 g/mol. The Morgan fingerprint density at radius 3 is 2.70 bits per heavy atom. The van der Waals surface area contributed by atoms with Crippen molar-refractivity contribution in [2.45, 2.75) is 43.6 Å². The maximum Gasteiger partial charge on any atom is 0.335 e. The second-order valence-corrected chi connectivity index (χ2v) is 6.94. The van der Waals surface area contributed by atoms with E-state index >= 15 is 0 Å². The highest BCUT2D eigenvalue weighted by atomic mass is 16.4. The molecule has 0 radical (unpaired) electrons. The molecule has 3 rings (SSSR count). The summed E-state index contributed by atoms with van der Waals surface area (Å²) in [5, 5.41) is 12.3. The number of rotatable bonds is 5. The first-order chi connectivity index (χ1) is 10.9. The maximum absolute atomic E-state index is 12.5. The summed E-state index contributed by atoms with van der Waals surface area (Å²) >= 11 is 0. The Bertz CT molecular complexity index is 635. The summed E-state index contributed by atoms with van der Waals surface area (Å²) in [4.78, 5) is 25.7. The summed E-state index contributed by atoms with van der Waals surface area (Å²) in [5.74, 6) is -0.588. The maximum atomic E-state index is 12.5. The fourth-order valence-electron chi connectivity index (χ4n) is 3.62. The van der Waals surface area contributed by atoms with Crippen LogP contribution in [0.3, 0.4) is 0 Å². The molecule has 23 heavy (non-hydrogen) atoms. The zero-order valence-corrected chi connectivity index (χ0v) is 13.8. The molecule has 0 saturated heterocycles. The molecule has 1 saturated carbocycles. The van der Waals surface area contributed by atoms with Gasteiger partial charge in [0.1, 0.15) is 0 Å². The summed E-state index contributed by atoms with van der Waals surface area (Å²) in [6, 6.07) is 5.38. The van der Waals surface area contributed by atoms with Crippen molar-refractivity contribution in [1.82, 2.24) is 10.2 Å². The molecule has 1 aromatic carbocycles. The van der Waals surface area contributed by atoms with Gasteiger partial charge in [0.05, 0.1) is 11.1 Å². The summed E-state index contributed by atoms with van der Waals surface area (Å²) in [6.07, 6.45) is 4.89. The number of carbonyl (C=O) groups excluding carboxylic acids is 1. The molecule has 2 aliphatic carbocycles. The van der Waals surface area contributed by atoms with E-state index in [1.807, 2.05) is 25.1 Å². The van der Waals surface area contributed by atoms with Crippen LogP contribution < -0.4 is 5.32 Å². The Labute approximate surface area is 136 Å². The molecule has 0 heterocycles. The van der Waals surface area contributed by atoms with Crippen LogP contribution in [0.25, 0.3) is 0 Å². The Balaban J connectivity index is 1.72. The third kappa shape index (κ3) is 2.98. The lowest BCUT2D eigenvalue weighted by molar-refractivity contribution is -0.127. The van der Waals surface area contributed by atoms with Gasteiger partial charge in [-0.05, 0) is 69.5 Å². The minimum atomic E-state index is -0.897. The van der Waals surface area contributed by atoms with E-state index in [1.54, 1.807) is 12.1 Å². The van der Waals surface area contributed by atoms with Crippen molar-refractivity contribution in [3.63, 3.8) is 0 Å². The monoisotopic (exact) mass is 316 g/mol. The molecule has 2 aliphatic rings. The number of aryl methyl sites for hydroxylation is 1. The van der Waals surface area contributed by atoms with Gasteiger partial charge in [-0.25, -0.2) is 4.79 Å². The Hall–Kier alpha value is -1.88. The van der Waals surface area contributed by atoms with Crippen molar-refractivity contribution in [3.05, 3.63) is 34.9 Å². The molecule has 5 heteroatoms. The number of benzene rings is 1. The van der Waals surface area contributed by atoms with Gasteiger partial charge in [0.2, 0.25) is 5.91 Å². The highest BCUT2D eigenvalue weighted by molar-refractivity contribution is 5.89. The number of hydrogen-bond donors (Lipinski definition) is 2. The van der Waals surface area contributed by atoms with Gasteiger partial charge < -0.3 is 10.4 Å². The lowest BCUT2D eigenvalue weighted by Gasteiger charge is -2.28. The topological polar surface area (TPSA) is 69.6 Å². The molecule has 0 spiro atoms. The minimum absolute atomic E-state index is 0.101. The van der Waals surface area contributed by atoms with Crippen molar-refractivity contribution >= 4 is 11.9 Å². The number of fused-ring (bicyclic) bond motifs is 1. The van der Waals surface area contributed by atoms with Crippen LogP contribution >= 0.6 is 0 Å². The molecule has 0 aromatic heterocycles. The van der Waals surface area contributed by atoms with Gasteiger partial charge in [0.25, 0.3) is 0 Å². The van der Waals surface area contributed by atoms with E-state index in [2.05, 4.69) is 5.32 Å². The fraction of sp³-hybridized carbons (Fsp3) is 0.556. The van der Waals surface area contributed by atoms with Crippen LogP contribution in [0, 0.1) is 0 Å². The number of carboxylic acid groups (broad SMARTS) is 1. The van der Waals surface area contributed by atoms with Gasteiger partial charge in [-0.3, -0.25) is 9.69 Å². The van der Waals surface area contributed by atoms with Crippen LogP contribution in [0.1, 0.15) is 53.1 Å². The van der Waals surface area contributed by atoms with E-state index in [4.69, 9.17) is 0 Å². The number of hydrogen-bond acceptors (Lipinski definition) is 3. The highest BCUT2D eigenvalue weighted by Crippen LogP contribution is 2.40. The molecule has 1 amide bonds. The summed E-state index contributed by atoms with van der Waals surface area (Å²) in [6.45, 7) is 0.588. The van der Waals surface area contributed by atoms with E-state index in [1.165, 1.54) is 5.56 Å². The van der Waals surface area contributed by atoms with E-state index in [0.29, 0.717) is 12.1 Å². The van der Waals surface area contributed by atoms with Crippen LogP contribution in [0.4, 0.5) is 0 Å². The highest BCUT2D eigenvalue weighted by Gasteiger charge is 2.51. The van der Waals surface area contributed by atoms with Crippen molar-refractivity contribution < 1.29 is 14.7 Å². The number of nitrogens with one attached hydrogen (secondary N) is 1. The van der Waals surface area contributed by atoms with Crippen LogP contribution in [0.5, 0.6) is 0 Å². The fourth-order valence-corrected chi connectivity index (χ4v) is 3.62. The molecule has 2 N–H and O–H groups in total. The molecule has 0 bridgehead atoms. The Kier molecular flexibility index (Phi) is 4.15. The van der Waals surface area contributed by atoms with E-state index in [9.17, 15) is 14.7 Å². The van der Waals surface area contributed by atoms with E-state index in [0.717, 1.165) is 37.7 Å². The molecule has 1 aromatic rings. The van der Waals surface area contributed by atoms with Crippen LogP contribution in [0.2, 0.25) is 0 Å². The third-order valence-electron chi connectivity index (χ3n) is 5.34. The third-order valence-corrected chi connectivity index (χ3v) is 5.34. The lowest BCUT2D eigenvalue weighted by atomic mass is 9.82. The molecule has 5 nitrogen and oxygen atoms in total. The molecule has 1 unspecified atom stereocenters. The summed E-state index contributed by atoms with van der Waals surface area (Å²) < 4.78 is 0. The molecule has 0 aliphatic heterocycles. The second-order valence-electron chi connectivity index (χ2n) is 6.94. The van der Waals surface area contributed by atoms with E-state index < -0.39 is 5.97 Å². The number of carbonyl (C=O) groups is 2. The molecule has 1 atom stereocenters. The summed E-state index contributed by atoms with van der Waals surface area (Å²) in [7, 11) is 3.89. The number of likely N-dealkylation sites (N-methyl/N-ethyl adjacent to an activating group) is 1. The van der Waals surface area contributed by atoms with E-state index in [-0.39, 0.29) is 17.4 Å². The predicted octanol–water partition coefficient (Wildman–Crippen LogP) is 2.02. The zero-order valence-electron chi connectivity index (χ0n) is 13.8. The second kappa shape index (κ2) is 5.96. The molecule has 1 fully saturated rings. The minimum Gasteiger partial charge on any atom is -0.478 e. The van der Waals surface area contributed by atoms with Crippen molar-refractivity contribution in [1.29, 1.82) is 0 Å². The van der Waals surface area contributed by atoms with Crippen LogP contribution in [-0.4, -0.2) is 48.1 Å². The molecule has 124 valence electrons. The number of nitrogens with zero attached hydrogens (tertiary/aromatic N) is 1. The zero-order chi connectivity index (χ0) is 16.6. The smallest absolute Gasteiger partial charge is 0.335 e. The first-order valence-corrected chi connectivity index (χ1v) is 8.26. The van der Waals surface area contributed by atoms with Crippen LogP contribution in [-0.2, 0) is 11.2 Å². The first-order valence-electron chi connectivity index (χ1n) is 8.26. The van der Waals surface area contributed by atoms with Gasteiger partial charge in [-0.1, -0.05) is 6.07 Å². The van der Waals surface area contributed by atoms with Gasteiger partial charge in [-0.2, -0.15) is 0 Å². The van der Waals surface area contributed by atoms with Crippen molar-refractivity contribution in [2.75, 3.05) is 20.6 Å². The first kappa shape index (κ1) is 16.0.